The number of amides is 1. The van der Waals surface area contributed by atoms with Crippen LogP contribution in [0.5, 0.6) is 0 Å². The van der Waals surface area contributed by atoms with E-state index in [9.17, 15) is 4.79 Å². The van der Waals surface area contributed by atoms with Crippen LogP contribution in [0.25, 0.3) is 0 Å². The number of hydrogen-bond donors (Lipinski definition) is 1. The summed E-state index contributed by atoms with van der Waals surface area (Å²) in [7, 11) is 0. The van der Waals surface area contributed by atoms with Gasteiger partial charge in [-0.3, -0.25) is 4.79 Å². The average Bonchev–Trinajstić information content (AvgIpc) is 3.07. The van der Waals surface area contributed by atoms with E-state index in [4.69, 9.17) is 0 Å². The third-order valence-corrected chi connectivity index (χ3v) is 4.64. The Bertz CT molecular complexity index is 568. The first-order valence-electron chi connectivity index (χ1n) is 7.42. The molecule has 0 bridgehead atoms. The summed E-state index contributed by atoms with van der Waals surface area (Å²) in [6.45, 7) is 2.56. The minimum Gasteiger partial charge on any atom is -0.337 e. The van der Waals surface area contributed by atoms with Gasteiger partial charge in [0.2, 0.25) is 0 Å². The van der Waals surface area contributed by atoms with Crippen molar-refractivity contribution in [1.29, 1.82) is 0 Å². The van der Waals surface area contributed by atoms with Gasteiger partial charge >= 0.3 is 0 Å². The second kappa shape index (κ2) is 6.87. The number of benzene rings is 1. The van der Waals surface area contributed by atoms with Crippen molar-refractivity contribution in [3.05, 3.63) is 58.3 Å². The zero-order valence-electron chi connectivity index (χ0n) is 12.0. The molecule has 3 nitrogen and oxygen atoms in total. The molecule has 0 aliphatic carbocycles. The van der Waals surface area contributed by atoms with Gasteiger partial charge < -0.3 is 10.2 Å². The Morgan fingerprint density at radius 2 is 2.14 bits per heavy atom. The van der Waals surface area contributed by atoms with Crippen LogP contribution in [0.1, 0.15) is 28.8 Å². The molecule has 1 fully saturated rings. The predicted molar refractivity (Wildman–Crippen MR) is 86.5 cm³/mol. The number of thiophene rings is 1. The van der Waals surface area contributed by atoms with Crippen molar-refractivity contribution in [2.45, 2.75) is 25.4 Å². The predicted octanol–water partition coefficient (Wildman–Crippen LogP) is 3.14. The molecule has 1 amide bonds. The van der Waals surface area contributed by atoms with Crippen molar-refractivity contribution in [2.75, 3.05) is 13.1 Å². The van der Waals surface area contributed by atoms with Crippen molar-refractivity contribution < 1.29 is 4.79 Å². The first kappa shape index (κ1) is 14.3. The maximum Gasteiger partial charge on any atom is 0.253 e. The van der Waals surface area contributed by atoms with Gasteiger partial charge in [-0.15, -0.1) is 0 Å². The lowest BCUT2D eigenvalue weighted by Gasteiger charge is -2.33. The summed E-state index contributed by atoms with van der Waals surface area (Å²) in [6, 6.07) is 12.1. The van der Waals surface area contributed by atoms with Crippen LogP contribution < -0.4 is 5.32 Å². The van der Waals surface area contributed by atoms with E-state index in [0.717, 1.165) is 38.0 Å². The van der Waals surface area contributed by atoms with Gasteiger partial charge in [0.15, 0.2) is 0 Å². The molecule has 0 unspecified atom stereocenters. The zero-order chi connectivity index (χ0) is 14.5. The second-order valence-electron chi connectivity index (χ2n) is 5.47. The molecule has 1 aromatic carbocycles. The molecule has 1 N–H and O–H groups in total. The molecule has 1 aliphatic rings. The fourth-order valence-electron chi connectivity index (χ4n) is 2.75. The van der Waals surface area contributed by atoms with Crippen molar-refractivity contribution >= 4 is 17.2 Å². The summed E-state index contributed by atoms with van der Waals surface area (Å²) in [5.41, 5.74) is 2.11. The smallest absolute Gasteiger partial charge is 0.253 e. The fourth-order valence-corrected chi connectivity index (χ4v) is 3.42. The minimum atomic E-state index is 0.151. The van der Waals surface area contributed by atoms with Crippen LogP contribution in [-0.4, -0.2) is 29.9 Å². The molecule has 2 heterocycles. The van der Waals surface area contributed by atoms with Crippen LogP contribution in [0.2, 0.25) is 0 Å². The van der Waals surface area contributed by atoms with Crippen LogP contribution in [0.3, 0.4) is 0 Å². The normalized spacial score (nSPS) is 18.7. The highest BCUT2D eigenvalue weighted by molar-refractivity contribution is 7.07. The largest absolute Gasteiger partial charge is 0.337 e. The molecule has 110 valence electrons. The Hall–Kier alpha value is -1.65. The Morgan fingerprint density at radius 3 is 2.90 bits per heavy atom. The molecule has 0 radical (unpaired) electrons. The lowest BCUT2D eigenvalue weighted by atomic mass is 10.0. The average molecular weight is 300 g/mol. The van der Waals surface area contributed by atoms with E-state index in [1.54, 1.807) is 11.3 Å². The summed E-state index contributed by atoms with van der Waals surface area (Å²) >= 11 is 1.72. The summed E-state index contributed by atoms with van der Waals surface area (Å²) in [4.78, 5) is 14.5. The quantitative estimate of drug-likeness (QED) is 0.941. The molecular formula is C17H20N2OS. The van der Waals surface area contributed by atoms with Crippen molar-refractivity contribution in [1.82, 2.24) is 10.2 Å². The summed E-state index contributed by atoms with van der Waals surface area (Å²) in [5.74, 6) is 0.151. The number of nitrogens with one attached hydrogen (secondary N) is 1. The lowest BCUT2D eigenvalue weighted by Crippen LogP contribution is -2.47. The summed E-state index contributed by atoms with van der Waals surface area (Å²) in [6.07, 6.45) is 2.21. The van der Waals surface area contributed by atoms with Gasteiger partial charge in [0.1, 0.15) is 0 Å². The number of carbonyl (C=O) groups excluding carboxylic acids is 1. The summed E-state index contributed by atoms with van der Waals surface area (Å²) < 4.78 is 0. The molecule has 21 heavy (non-hydrogen) atoms. The molecule has 1 saturated heterocycles. The number of likely N-dealkylation sites (tertiary alicyclic amines) is 1. The molecule has 3 rings (SSSR count). The molecule has 1 atom stereocenters. The molecule has 1 aliphatic heterocycles. The maximum atomic E-state index is 12.5. The molecule has 4 heteroatoms. The van der Waals surface area contributed by atoms with Gasteiger partial charge in [0.05, 0.1) is 0 Å². The van der Waals surface area contributed by atoms with E-state index in [1.165, 1.54) is 5.56 Å². The Morgan fingerprint density at radius 1 is 1.29 bits per heavy atom. The second-order valence-corrected chi connectivity index (χ2v) is 6.25. The molecule has 0 saturated carbocycles. The highest BCUT2D eigenvalue weighted by Crippen LogP contribution is 2.15. The number of nitrogens with zero attached hydrogens (tertiary/aromatic N) is 1. The Labute approximate surface area is 129 Å². The highest BCUT2D eigenvalue weighted by atomic mass is 32.1. The van der Waals surface area contributed by atoms with Gasteiger partial charge in [-0.05, 0) is 47.4 Å². The van der Waals surface area contributed by atoms with Gasteiger partial charge in [0, 0.05) is 31.2 Å². The van der Waals surface area contributed by atoms with Crippen LogP contribution in [0, 0.1) is 0 Å². The molecule has 1 aromatic heterocycles. The van der Waals surface area contributed by atoms with Crippen LogP contribution >= 0.6 is 11.3 Å². The number of carbonyl (C=O) groups is 1. The van der Waals surface area contributed by atoms with Gasteiger partial charge in [-0.1, -0.05) is 18.2 Å². The van der Waals surface area contributed by atoms with E-state index >= 15 is 0 Å². The van der Waals surface area contributed by atoms with E-state index < -0.39 is 0 Å². The topological polar surface area (TPSA) is 32.3 Å². The van der Waals surface area contributed by atoms with Gasteiger partial charge in [-0.2, -0.15) is 11.3 Å². The third kappa shape index (κ3) is 3.71. The standard InChI is InChI=1S/C17H20N2OS/c20-17(15-5-2-1-3-6-15)19-9-4-7-16(12-19)18-11-14-8-10-21-13-14/h1-3,5-6,8,10,13,16,18H,4,7,9,11-12H2/t16-/m0/s1. The first-order valence-corrected chi connectivity index (χ1v) is 8.36. The minimum absolute atomic E-state index is 0.151. The highest BCUT2D eigenvalue weighted by Gasteiger charge is 2.23. The number of rotatable bonds is 4. The van der Waals surface area contributed by atoms with E-state index in [1.807, 2.05) is 35.2 Å². The van der Waals surface area contributed by atoms with Crippen molar-refractivity contribution in [3.8, 4) is 0 Å². The Balaban J connectivity index is 1.56. The van der Waals surface area contributed by atoms with E-state index in [-0.39, 0.29) is 5.91 Å². The van der Waals surface area contributed by atoms with Crippen LogP contribution in [-0.2, 0) is 6.54 Å². The van der Waals surface area contributed by atoms with Crippen LogP contribution in [0.15, 0.2) is 47.2 Å². The van der Waals surface area contributed by atoms with Gasteiger partial charge in [0.25, 0.3) is 5.91 Å². The lowest BCUT2D eigenvalue weighted by molar-refractivity contribution is 0.0694. The number of piperidine rings is 1. The van der Waals surface area contributed by atoms with Crippen molar-refractivity contribution in [2.24, 2.45) is 0 Å². The number of hydrogen-bond acceptors (Lipinski definition) is 3. The maximum absolute atomic E-state index is 12.5. The van der Waals surface area contributed by atoms with E-state index in [0.29, 0.717) is 6.04 Å². The van der Waals surface area contributed by atoms with Gasteiger partial charge in [-0.25, -0.2) is 0 Å². The fraction of sp³-hybridized carbons (Fsp3) is 0.353. The van der Waals surface area contributed by atoms with E-state index in [2.05, 4.69) is 22.1 Å². The zero-order valence-corrected chi connectivity index (χ0v) is 12.8. The first-order chi connectivity index (χ1) is 10.3. The summed E-state index contributed by atoms with van der Waals surface area (Å²) in [5, 5.41) is 7.84. The SMILES string of the molecule is O=C(c1ccccc1)N1CCC[C@H](NCc2ccsc2)C1. The monoisotopic (exact) mass is 300 g/mol. The molecule has 0 spiro atoms. The molecule has 2 aromatic rings. The third-order valence-electron chi connectivity index (χ3n) is 3.90. The Kier molecular flexibility index (Phi) is 4.68. The van der Waals surface area contributed by atoms with Crippen molar-refractivity contribution in [3.63, 3.8) is 0 Å². The molecular weight excluding hydrogens is 280 g/mol. The van der Waals surface area contributed by atoms with Crippen LogP contribution in [0.4, 0.5) is 0 Å².